The SMILES string of the molecule is CN=C(NCCc1cn2ccccc2n1)NCCN(C(C)C)C(C)C. The molecular weight excluding hydrogens is 312 g/mol. The number of pyridine rings is 1. The highest BCUT2D eigenvalue weighted by Crippen LogP contribution is 2.05. The minimum Gasteiger partial charge on any atom is -0.356 e. The number of nitrogens with one attached hydrogen (secondary N) is 2. The van der Waals surface area contributed by atoms with Gasteiger partial charge in [-0.3, -0.25) is 9.89 Å². The Kier molecular flexibility index (Phi) is 7.25. The van der Waals surface area contributed by atoms with E-state index < -0.39 is 0 Å². The van der Waals surface area contributed by atoms with Crippen molar-refractivity contribution in [1.82, 2.24) is 24.9 Å². The van der Waals surface area contributed by atoms with Gasteiger partial charge >= 0.3 is 0 Å². The molecule has 25 heavy (non-hydrogen) atoms. The Hall–Kier alpha value is -2.08. The second-order valence-corrected chi connectivity index (χ2v) is 6.80. The van der Waals surface area contributed by atoms with Crippen LogP contribution in [0, 0.1) is 0 Å². The Balaban J connectivity index is 1.74. The summed E-state index contributed by atoms with van der Waals surface area (Å²) in [4.78, 5) is 11.4. The summed E-state index contributed by atoms with van der Waals surface area (Å²) in [5.41, 5.74) is 2.07. The number of nitrogens with zero attached hydrogens (tertiary/aromatic N) is 4. The van der Waals surface area contributed by atoms with Crippen LogP contribution in [0.4, 0.5) is 0 Å². The van der Waals surface area contributed by atoms with Gasteiger partial charge in [-0.05, 0) is 39.8 Å². The van der Waals surface area contributed by atoms with Gasteiger partial charge in [0.05, 0.1) is 5.69 Å². The van der Waals surface area contributed by atoms with Crippen LogP contribution in [0.15, 0.2) is 35.6 Å². The van der Waals surface area contributed by atoms with Crippen LogP contribution in [-0.2, 0) is 6.42 Å². The molecule has 6 heteroatoms. The lowest BCUT2D eigenvalue weighted by Crippen LogP contribution is -2.45. The molecule has 0 amide bonds. The summed E-state index contributed by atoms with van der Waals surface area (Å²) in [5.74, 6) is 0.844. The Morgan fingerprint density at radius 1 is 1.16 bits per heavy atom. The van der Waals surface area contributed by atoms with E-state index in [4.69, 9.17) is 0 Å². The third-order valence-electron chi connectivity index (χ3n) is 4.30. The average Bonchev–Trinajstić information content (AvgIpc) is 2.98. The molecule has 0 unspecified atom stereocenters. The number of rotatable bonds is 8. The lowest BCUT2D eigenvalue weighted by Gasteiger charge is -2.30. The van der Waals surface area contributed by atoms with Gasteiger partial charge in [0.1, 0.15) is 5.65 Å². The van der Waals surface area contributed by atoms with Crippen LogP contribution >= 0.6 is 0 Å². The number of aliphatic imine (C=N–C) groups is 1. The number of fused-ring (bicyclic) bond motifs is 1. The molecule has 0 atom stereocenters. The third-order valence-corrected chi connectivity index (χ3v) is 4.30. The molecule has 0 aliphatic rings. The molecule has 0 aliphatic heterocycles. The molecule has 0 saturated heterocycles. The van der Waals surface area contributed by atoms with E-state index >= 15 is 0 Å². The van der Waals surface area contributed by atoms with Gasteiger partial charge < -0.3 is 15.0 Å². The van der Waals surface area contributed by atoms with Crippen LogP contribution in [0.25, 0.3) is 5.65 Å². The molecule has 0 spiro atoms. The topological polar surface area (TPSA) is 57.0 Å². The lowest BCUT2D eigenvalue weighted by atomic mass is 10.2. The van der Waals surface area contributed by atoms with Gasteiger partial charge in [0.2, 0.25) is 0 Å². The van der Waals surface area contributed by atoms with Crippen molar-refractivity contribution >= 4 is 11.6 Å². The van der Waals surface area contributed by atoms with E-state index in [2.05, 4.69) is 63.8 Å². The number of aromatic nitrogens is 2. The van der Waals surface area contributed by atoms with Crippen LogP contribution in [0.2, 0.25) is 0 Å². The fraction of sp³-hybridized carbons (Fsp3) is 0.579. The minimum atomic E-state index is 0.548. The zero-order chi connectivity index (χ0) is 18.2. The highest BCUT2D eigenvalue weighted by molar-refractivity contribution is 5.79. The molecule has 0 aliphatic carbocycles. The molecule has 138 valence electrons. The van der Waals surface area contributed by atoms with Gasteiger partial charge in [-0.15, -0.1) is 0 Å². The van der Waals surface area contributed by atoms with E-state index in [9.17, 15) is 0 Å². The van der Waals surface area contributed by atoms with Crippen LogP contribution in [0.5, 0.6) is 0 Å². The first-order valence-corrected chi connectivity index (χ1v) is 9.14. The largest absolute Gasteiger partial charge is 0.356 e. The second kappa shape index (κ2) is 9.42. The molecule has 6 nitrogen and oxygen atoms in total. The summed E-state index contributed by atoms with van der Waals surface area (Å²) in [6.45, 7) is 11.6. The highest BCUT2D eigenvalue weighted by atomic mass is 15.2. The predicted molar refractivity (Wildman–Crippen MR) is 105 cm³/mol. The average molecular weight is 345 g/mol. The zero-order valence-electron chi connectivity index (χ0n) is 16.2. The maximum absolute atomic E-state index is 4.62. The smallest absolute Gasteiger partial charge is 0.191 e. The van der Waals surface area contributed by atoms with Gasteiger partial charge in [0.15, 0.2) is 5.96 Å². The highest BCUT2D eigenvalue weighted by Gasteiger charge is 2.12. The zero-order valence-corrected chi connectivity index (χ0v) is 16.2. The molecule has 0 saturated carbocycles. The summed E-state index contributed by atoms with van der Waals surface area (Å²) in [6, 6.07) is 7.14. The second-order valence-electron chi connectivity index (χ2n) is 6.80. The molecule has 0 fully saturated rings. The van der Waals surface area contributed by atoms with Gasteiger partial charge in [0.25, 0.3) is 0 Å². The van der Waals surface area contributed by atoms with E-state index in [1.54, 1.807) is 0 Å². The van der Waals surface area contributed by atoms with Crippen molar-refractivity contribution in [2.24, 2.45) is 4.99 Å². The molecule has 2 heterocycles. The summed E-state index contributed by atoms with van der Waals surface area (Å²) in [7, 11) is 1.81. The van der Waals surface area contributed by atoms with Gasteiger partial charge in [-0.2, -0.15) is 0 Å². The van der Waals surface area contributed by atoms with Crippen molar-refractivity contribution in [3.63, 3.8) is 0 Å². The maximum Gasteiger partial charge on any atom is 0.191 e. The Morgan fingerprint density at radius 2 is 1.88 bits per heavy atom. The maximum atomic E-state index is 4.62. The van der Waals surface area contributed by atoms with Gasteiger partial charge in [0, 0.05) is 57.6 Å². The molecule has 0 aromatic carbocycles. The fourth-order valence-electron chi connectivity index (χ4n) is 3.05. The van der Waals surface area contributed by atoms with Gasteiger partial charge in [-0.1, -0.05) is 6.07 Å². The summed E-state index contributed by atoms with van der Waals surface area (Å²) >= 11 is 0. The third kappa shape index (κ3) is 5.74. The van der Waals surface area contributed by atoms with Crippen molar-refractivity contribution in [1.29, 1.82) is 0 Å². The van der Waals surface area contributed by atoms with Crippen LogP contribution in [-0.4, -0.2) is 59.0 Å². The molecule has 0 radical (unpaired) electrons. The van der Waals surface area contributed by atoms with Crippen molar-refractivity contribution in [2.45, 2.75) is 46.2 Å². The standard InChI is InChI=1S/C19H32N6/c1-15(2)25(16(3)4)13-11-22-19(20-5)21-10-9-17-14-24-12-7-6-8-18(24)23-17/h6-8,12,14-16H,9-11,13H2,1-5H3,(H2,20,21,22). The van der Waals surface area contributed by atoms with E-state index in [0.29, 0.717) is 12.1 Å². The van der Waals surface area contributed by atoms with Crippen LogP contribution in [0.3, 0.4) is 0 Å². The summed E-state index contributed by atoms with van der Waals surface area (Å²) < 4.78 is 2.05. The molecular formula is C19H32N6. The molecule has 2 aromatic rings. The van der Waals surface area contributed by atoms with E-state index in [1.807, 2.05) is 31.4 Å². The number of guanidine groups is 1. The van der Waals surface area contributed by atoms with Crippen molar-refractivity contribution < 1.29 is 0 Å². The normalized spacial score (nSPS) is 12.6. The Labute approximate surface area is 151 Å². The summed E-state index contributed by atoms with van der Waals surface area (Å²) in [6.07, 6.45) is 4.97. The van der Waals surface area contributed by atoms with E-state index in [-0.39, 0.29) is 0 Å². The van der Waals surface area contributed by atoms with E-state index in [1.165, 1.54) is 0 Å². The Bertz CT molecular complexity index is 632. The molecule has 2 rings (SSSR count). The molecule has 2 N–H and O–H groups in total. The van der Waals surface area contributed by atoms with Crippen molar-refractivity contribution in [3.8, 4) is 0 Å². The van der Waals surface area contributed by atoms with Crippen molar-refractivity contribution in [2.75, 3.05) is 26.7 Å². The first-order valence-electron chi connectivity index (χ1n) is 9.14. The molecule has 2 aromatic heterocycles. The Morgan fingerprint density at radius 3 is 2.52 bits per heavy atom. The first-order chi connectivity index (χ1) is 12.0. The predicted octanol–water partition coefficient (Wildman–Crippen LogP) is 2.16. The first kappa shape index (κ1) is 19.2. The number of imidazole rings is 1. The summed E-state index contributed by atoms with van der Waals surface area (Å²) in [5, 5.41) is 6.76. The minimum absolute atomic E-state index is 0.548. The number of hydrogen-bond acceptors (Lipinski definition) is 3. The van der Waals surface area contributed by atoms with Gasteiger partial charge in [-0.25, -0.2) is 4.98 Å². The van der Waals surface area contributed by atoms with Crippen molar-refractivity contribution in [3.05, 3.63) is 36.3 Å². The fourth-order valence-corrected chi connectivity index (χ4v) is 3.05. The van der Waals surface area contributed by atoms with E-state index in [0.717, 1.165) is 43.4 Å². The monoisotopic (exact) mass is 344 g/mol. The quantitative estimate of drug-likeness (QED) is 0.569. The lowest BCUT2D eigenvalue weighted by molar-refractivity contribution is 0.178. The van der Waals surface area contributed by atoms with Crippen LogP contribution < -0.4 is 10.6 Å². The molecule has 0 bridgehead atoms. The number of hydrogen-bond donors (Lipinski definition) is 2. The van der Waals surface area contributed by atoms with Crippen LogP contribution in [0.1, 0.15) is 33.4 Å².